The van der Waals surface area contributed by atoms with Crippen LogP contribution in [0.25, 0.3) is 0 Å². The maximum atomic E-state index is 4.17. The van der Waals surface area contributed by atoms with Gasteiger partial charge in [-0.1, -0.05) is 68.5 Å². The van der Waals surface area contributed by atoms with Crippen molar-refractivity contribution in [1.29, 1.82) is 0 Å². The molecule has 0 saturated carbocycles. The molecule has 0 aliphatic rings. The van der Waals surface area contributed by atoms with Crippen LogP contribution in [-0.4, -0.2) is 11.5 Å². The Morgan fingerprint density at radius 1 is 0.912 bits per heavy atom. The molecule has 0 N–H and O–H groups in total. The van der Waals surface area contributed by atoms with Crippen molar-refractivity contribution in [3.63, 3.8) is 0 Å². The molecule has 2 heteroatoms. The summed E-state index contributed by atoms with van der Waals surface area (Å²) in [6, 6.07) is 4.11. The molecule has 0 aliphatic heterocycles. The van der Waals surface area contributed by atoms with Gasteiger partial charge in [-0.15, -0.1) is 0 Å². The highest BCUT2D eigenvalue weighted by molar-refractivity contribution is 5.57. The lowest BCUT2D eigenvalue weighted by molar-refractivity contribution is 0.955. The Hall–Kier alpha value is -3.13. The molecule has 1 rings (SSSR count). The number of anilines is 1. The number of rotatable bonds is 10. The second kappa shape index (κ2) is 17.4. The van der Waals surface area contributed by atoms with Crippen LogP contribution in [0.1, 0.15) is 69.2 Å². The summed E-state index contributed by atoms with van der Waals surface area (Å²) in [5.74, 6) is 0. The first-order chi connectivity index (χ1) is 16.3. The number of hydrogen-bond donors (Lipinski definition) is 0. The van der Waals surface area contributed by atoms with E-state index in [-0.39, 0.29) is 0 Å². The van der Waals surface area contributed by atoms with E-state index in [1.165, 1.54) is 33.6 Å². The Balaban J connectivity index is 0.00000529. The van der Waals surface area contributed by atoms with Crippen molar-refractivity contribution >= 4 is 5.69 Å². The SMILES string of the molecule is C=CC(/C=C/C(C)=C(C=C(C)C)/C(C)=C/C=C(\C(C)=C/C)N(CC)c1ccncc1)=C\C.CC. The Bertz CT molecular complexity index is 973. The third kappa shape index (κ3) is 10.2. The minimum Gasteiger partial charge on any atom is -0.341 e. The molecule has 0 saturated heterocycles. The average Bonchev–Trinajstić information content (AvgIpc) is 2.86. The molecule has 184 valence electrons. The zero-order chi connectivity index (χ0) is 26.1. The van der Waals surface area contributed by atoms with E-state index in [1.54, 1.807) is 0 Å². The van der Waals surface area contributed by atoms with Crippen molar-refractivity contribution < 1.29 is 0 Å². The topological polar surface area (TPSA) is 16.1 Å². The standard InChI is InChI=1S/C30H40N2.C2H6/c1-10-24(7)30(32(13-4)28-18-20-31-21-19-28)17-15-26(9)29(22-23(5)6)25(8)14-16-27(11-2)12-3;1-2/h10-12,14-22H,2,13H2,1,3-9H3;1-2H3/b16-14+,24-10-,26-15+,27-12+,29-25+,30-17+;. The smallest absolute Gasteiger partial charge is 0.0441 e. The highest BCUT2D eigenvalue weighted by Crippen LogP contribution is 2.25. The van der Waals surface area contributed by atoms with Crippen LogP contribution in [0.3, 0.4) is 0 Å². The van der Waals surface area contributed by atoms with Crippen LogP contribution < -0.4 is 4.90 Å². The Labute approximate surface area is 210 Å². The summed E-state index contributed by atoms with van der Waals surface area (Å²) in [5.41, 5.74) is 9.64. The van der Waals surface area contributed by atoms with E-state index in [4.69, 9.17) is 0 Å². The van der Waals surface area contributed by atoms with Gasteiger partial charge in [0.2, 0.25) is 0 Å². The van der Waals surface area contributed by atoms with Crippen LogP contribution >= 0.6 is 0 Å². The number of hydrogen-bond acceptors (Lipinski definition) is 2. The van der Waals surface area contributed by atoms with Crippen molar-refractivity contribution in [3.8, 4) is 0 Å². The maximum absolute atomic E-state index is 4.17. The van der Waals surface area contributed by atoms with Gasteiger partial charge >= 0.3 is 0 Å². The number of pyridine rings is 1. The summed E-state index contributed by atoms with van der Waals surface area (Å²) in [4.78, 5) is 6.49. The molecule has 0 bridgehead atoms. The molecule has 1 aromatic rings. The predicted molar refractivity (Wildman–Crippen MR) is 155 cm³/mol. The van der Waals surface area contributed by atoms with Crippen molar-refractivity contribution in [2.45, 2.75) is 69.2 Å². The molecule has 0 aromatic carbocycles. The molecule has 0 spiro atoms. The van der Waals surface area contributed by atoms with Crippen LogP contribution in [0.5, 0.6) is 0 Å². The highest BCUT2D eigenvalue weighted by atomic mass is 15.1. The van der Waals surface area contributed by atoms with E-state index in [1.807, 2.05) is 39.2 Å². The van der Waals surface area contributed by atoms with E-state index in [0.717, 1.165) is 17.8 Å². The molecule has 2 nitrogen and oxygen atoms in total. The molecule has 1 aromatic heterocycles. The van der Waals surface area contributed by atoms with Gasteiger partial charge in [0.05, 0.1) is 0 Å². The van der Waals surface area contributed by atoms with Gasteiger partial charge in [-0.3, -0.25) is 4.98 Å². The first kappa shape index (κ1) is 30.9. The third-order valence-corrected chi connectivity index (χ3v) is 5.29. The van der Waals surface area contributed by atoms with Gasteiger partial charge < -0.3 is 4.90 Å². The van der Waals surface area contributed by atoms with Gasteiger partial charge in [-0.25, -0.2) is 0 Å². The number of allylic oxidation sites excluding steroid dienone is 14. The van der Waals surface area contributed by atoms with E-state index in [2.05, 4.69) is 120 Å². The van der Waals surface area contributed by atoms with E-state index >= 15 is 0 Å². The fourth-order valence-electron chi connectivity index (χ4n) is 3.31. The van der Waals surface area contributed by atoms with Gasteiger partial charge in [0.15, 0.2) is 0 Å². The summed E-state index contributed by atoms with van der Waals surface area (Å²) >= 11 is 0. The van der Waals surface area contributed by atoms with E-state index in [9.17, 15) is 0 Å². The number of likely N-dealkylation sites (N-methyl/N-ethyl adjacent to an activating group) is 1. The van der Waals surface area contributed by atoms with Gasteiger partial charge in [-0.05, 0) is 101 Å². The molecule has 0 amide bonds. The molecule has 34 heavy (non-hydrogen) atoms. The van der Waals surface area contributed by atoms with Gasteiger partial charge in [0.1, 0.15) is 0 Å². The van der Waals surface area contributed by atoms with E-state index < -0.39 is 0 Å². The lowest BCUT2D eigenvalue weighted by Crippen LogP contribution is -2.22. The maximum Gasteiger partial charge on any atom is 0.0441 e. The van der Waals surface area contributed by atoms with Crippen molar-refractivity contribution in [1.82, 2.24) is 4.98 Å². The van der Waals surface area contributed by atoms with Crippen molar-refractivity contribution in [3.05, 3.63) is 119 Å². The summed E-state index contributed by atoms with van der Waals surface area (Å²) in [6.45, 7) is 25.8. The lowest BCUT2D eigenvalue weighted by Gasteiger charge is -2.26. The predicted octanol–water partition coefficient (Wildman–Crippen LogP) is 9.70. The molecule has 0 radical (unpaired) electrons. The largest absolute Gasteiger partial charge is 0.341 e. The minimum absolute atomic E-state index is 0.875. The zero-order valence-electron chi connectivity index (χ0n) is 23.2. The first-order valence-corrected chi connectivity index (χ1v) is 12.3. The summed E-state index contributed by atoms with van der Waals surface area (Å²) < 4.78 is 0. The van der Waals surface area contributed by atoms with Crippen LogP contribution in [0.4, 0.5) is 5.69 Å². The average molecular weight is 459 g/mol. The third-order valence-electron chi connectivity index (χ3n) is 5.29. The molecule has 1 heterocycles. The molecule has 0 unspecified atom stereocenters. The van der Waals surface area contributed by atoms with E-state index in [0.29, 0.717) is 0 Å². The van der Waals surface area contributed by atoms with Crippen LogP contribution in [-0.2, 0) is 0 Å². The van der Waals surface area contributed by atoms with Gasteiger partial charge in [-0.2, -0.15) is 0 Å². The van der Waals surface area contributed by atoms with Gasteiger partial charge in [0.25, 0.3) is 0 Å². The Morgan fingerprint density at radius 3 is 2.00 bits per heavy atom. The lowest BCUT2D eigenvalue weighted by atomic mass is 9.98. The highest BCUT2D eigenvalue weighted by Gasteiger charge is 2.11. The zero-order valence-corrected chi connectivity index (χ0v) is 23.2. The summed E-state index contributed by atoms with van der Waals surface area (Å²) in [5, 5.41) is 0. The Kier molecular flexibility index (Phi) is 15.8. The van der Waals surface area contributed by atoms with Crippen molar-refractivity contribution in [2.75, 3.05) is 11.4 Å². The molecular weight excluding hydrogens is 412 g/mol. The molecule has 0 atom stereocenters. The normalized spacial score (nSPS) is 13.7. The first-order valence-electron chi connectivity index (χ1n) is 12.3. The van der Waals surface area contributed by atoms with Crippen LogP contribution in [0.15, 0.2) is 119 Å². The van der Waals surface area contributed by atoms with Crippen LogP contribution in [0, 0.1) is 0 Å². The molecule has 0 aliphatic carbocycles. The number of nitrogens with zero attached hydrogens (tertiary/aromatic N) is 2. The second-order valence-corrected chi connectivity index (χ2v) is 7.97. The molecular formula is C32H46N2. The second-order valence-electron chi connectivity index (χ2n) is 7.97. The van der Waals surface area contributed by atoms with Crippen LogP contribution in [0.2, 0.25) is 0 Å². The van der Waals surface area contributed by atoms with Crippen molar-refractivity contribution in [2.24, 2.45) is 0 Å². The fraction of sp³-hybridized carbons (Fsp3) is 0.344. The quantitative estimate of drug-likeness (QED) is 0.324. The monoisotopic (exact) mass is 458 g/mol. The fourth-order valence-corrected chi connectivity index (χ4v) is 3.31. The Morgan fingerprint density at radius 2 is 1.53 bits per heavy atom. The summed E-state index contributed by atoms with van der Waals surface area (Å²) in [7, 11) is 0. The van der Waals surface area contributed by atoms with Gasteiger partial charge in [0, 0.05) is 30.3 Å². The summed E-state index contributed by atoms with van der Waals surface area (Å²) in [6.07, 6.45) is 20.8. The molecule has 0 fully saturated rings. The number of aromatic nitrogens is 1. The minimum atomic E-state index is 0.875.